The van der Waals surface area contributed by atoms with Crippen LogP contribution in [0.2, 0.25) is 0 Å². The number of carboxylic acids is 1. The molecule has 3 rings (SSSR count). The highest BCUT2D eigenvalue weighted by atomic mass is 16.4. The van der Waals surface area contributed by atoms with E-state index in [0.717, 1.165) is 17.0 Å². The lowest BCUT2D eigenvalue weighted by molar-refractivity contribution is 0.0697. The van der Waals surface area contributed by atoms with E-state index in [4.69, 9.17) is 0 Å². The molecular formula is C16H14N4O2. The van der Waals surface area contributed by atoms with Gasteiger partial charge in [-0.05, 0) is 38.1 Å². The first-order chi connectivity index (χ1) is 10.6. The average Bonchev–Trinajstić information content (AvgIpc) is 2.82. The Morgan fingerprint density at radius 3 is 2.64 bits per heavy atom. The van der Waals surface area contributed by atoms with Crippen LogP contribution in [0.15, 0.2) is 52.7 Å². The largest absolute Gasteiger partial charge is 0.478 e. The second-order valence-electron chi connectivity index (χ2n) is 4.90. The number of hydrogen-bond donors (Lipinski definition) is 1. The number of benzene rings is 1. The minimum Gasteiger partial charge on any atom is -0.478 e. The minimum atomic E-state index is -1.03. The molecule has 2 aromatic heterocycles. The molecule has 1 aromatic carbocycles. The topological polar surface area (TPSA) is 79.3 Å². The molecular weight excluding hydrogens is 280 g/mol. The molecule has 22 heavy (non-hydrogen) atoms. The summed E-state index contributed by atoms with van der Waals surface area (Å²) in [6, 6.07) is 12.3. The van der Waals surface area contributed by atoms with Gasteiger partial charge in [-0.25, -0.2) is 9.78 Å². The lowest BCUT2D eigenvalue weighted by Crippen LogP contribution is -1.95. The summed E-state index contributed by atoms with van der Waals surface area (Å²) < 4.78 is 1.89. The maximum atomic E-state index is 11.2. The third-order valence-electron chi connectivity index (χ3n) is 3.37. The molecule has 0 radical (unpaired) electrons. The molecule has 6 nitrogen and oxygen atoms in total. The molecule has 1 N–H and O–H groups in total. The lowest BCUT2D eigenvalue weighted by Gasteiger charge is -2.02. The molecule has 0 amide bonds. The summed E-state index contributed by atoms with van der Waals surface area (Å²) in [7, 11) is 0. The molecule has 0 spiro atoms. The number of nitrogens with zero attached hydrogens (tertiary/aromatic N) is 4. The molecule has 0 bridgehead atoms. The van der Waals surface area contributed by atoms with Crippen LogP contribution in [-0.4, -0.2) is 20.5 Å². The molecule has 2 heterocycles. The molecule has 0 fully saturated rings. The number of imidazole rings is 1. The van der Waals surface area contributed by atoms with Gasteiger partial charge in [-0.2, -0.15) is 0 Å². The third kappa shape index (κ3) is 2.35. The van der Waals surface area contributed by atoms with Crippen LogP contribution in [0.25, 0.3) is 5.65 Å². The van der Waals surface area contributed by atoms with Crippen molar-refractivity contribution >= 4 is 23.1 Å². The zero-order valence-corrected chi connectivity index (χ0v) is 12.2. The van der Waals surface area contributed by atoms with Gasteiger partial charge in [-0.3, -0.25) is 4.40 Å². The first-order valence-corrected chi connectivity index (χ1v) is 6.76. The summed E-state index contributed by atoms with van der Waals surface area (Å²) in [5.41, 5.74) is 2.95. The Kier molecular flexibility index (Phi) is 3.42. The Bertz CT molecular complexity index is 896. The fourth-order valence-corrected chi connectivity index (χ4v) is 2.31. The van der Waals surface area contributed by atoms with E-state index in [1.807, 2.05) is 36.4 Å². The second-order valence-corrected chi connectivity index (χ2v) is 4.90. The van der Waals surface area contributed by atoms with Gasteiger partial charge in [0.15, 0.2) is 5.82 Å². The van der Waals surface area contributed by atoms with Gasteiger partial charge in [0.25, 0.3) is 0 Å². The summed E-state index contributed by atoms with van der Waals surface area (Å²) in [6.07, 6.45) is 0. The van der Waals surface area contributed by atoms with Crippen LogP contribution in [0.5, 0.6) is 0 Å². The van der Waals surface area contributed by atoms with Crippen molar-refractivity contribution < 1.29 is 9.90 Å². The van der Waals surface area contributed by atoms with Crippen molar-refractivity contribution in [2.75, 3.05) is 0 Å². The van der Waals surface area contributed by atoms with Gasteiger partial charge in [0.05, 0.1) is 11.3 Å². The Labute approximate surface area is 126 Å². The third-order valence-corrected chi connectivity index (χ3v) is 3.37. The second kappa shape index (κ2) is 5.40. The summed E-state index contributed by atoms with van der Waals surface area (Å²) in [4.78, 5) is 15.6. The standard InChI is InChI=1S/C16H14N4O2/c1-10-6-5-9-14-17-11(2)15(20(10)14)19-18-13-8-4-3-7-12(13)16(21)22/h3-9H,1-2H3,(H,21,22). The molecule has 110 valence electrons. The highest BCUT2D eigenvalue weighted by molar-refractivity contribution is 5.93. The molecule has 0 aliphatic rings. The number of carboxylic acid groups (broad SMARTS) is 1. The molecule has 0 unspecified atom stereocenters. The summed E-state index contributed by atoms with van der Waals surface area (Å²) in [6.45, 7) is 3.81. The fourth-order valence-electron chi connectivity index (χ4n) is 2.31. The predicted molar refractivity (Wildman–Crippen MR) is 82.2 cm³/mol. The van der Waals surface area contributed by atoms with Crippen molar-refractivity contribution in [3.8, 4) is 0 Å². The average molecular weight is 294 g/mol. The number of aromatic carboxylic acids is 1. The van der Waals surface area contributed by atoms with Gasteiger partial charge < -0.3 is 5.11 Å². The Hall–Kier alpha value is -3.02. The van der Waals surface area contributed by atoms with Gasteiger partial charge in [-0.15, -0.1) is 10.2 Å². The Morgan fingerprint density at radius 1 is 1.09 bits per heavy atom. The van der Waals surface area contributed by atoms with Crippen LogP contribution >= 0.6 is 0 Å². The van der Waals surface area contributed by atoms with E-state index >= 15 is 0 Å². The smallest absolute Gasteiger partial charge is 0.337 e. The molecule has 6 heteroatoms. The predicted octanol–water partition coefficient (Wildman–Crippen LogP) is 4.06. The molecule has 0 aliphatic carbocycles. The first kappa shape index (κ1) is 13.9. The van der Waals surface area contributed by atoms with Crippen molar-refractivity contribution in [1.82, 2.24) is 9.38 Å². The fraction of sp³-hybridized carbons (Fsp3) is 0.125. The number of carbonyl (C=O) groups is 1. The lowest BCUT2D eigenvalue weighted by atomic mass is 10.2. The number of pyridine rings is 1. The zero-order valence-electron chi connectivity index (χ0n) is 12.2. The number of aromatic nitrogens is 2. The Morgan fingerprint density at radius 2 is 1.86 bits per heavy atom. The first-order valence-electron chi connectivity index (χ1n) is 6.76. The summed E-state index contributed by atoms with van der Waals surface area (Å²) in [5.74, 6) is -0.422. The van der Waals surface area contributed by atoms with Crippen molar-refractivity contribution in [3.05, 3.63) is 59.4 Å². The van der Waals surface area contributed by atoms with E-state index in [0.29, 0.717) is 11.5 Å². The monoisotopic (exact) mass is 294 g/mol. The molecule has 0 aliphatic heterocycles. The van der Waals surface area contributed by atoms with E-state index in [-0.39, 0.29) is 5.56 Å². The highest BCUT2D eigenvalue weighted by Gasteiger charge is 2.11. The minimum absolute atomic E-state index is 0.120. The molecule has 0 saturated carbocycles. The van der Waals surface area contributed by atoms with Gasteiger partial charge in [0, 0.05) is 5.69 Å². The van der Waals surface area contributed by atoms with Crippen LogP contribution in [0.1, 0.15) is 21.7 Å². The summed E-state index contributed by atoms with van der Waals surface area (Å²) in [5, 5.41) is 17.5. The van der Waals surface area contributed by atoms with E-state index in [1.54, 1.807) is 18.2 Å². The maximum Gasteiger partial charge on any atom is 0.337 e. The van der Waals surface area contributed by atoms with Gasteiger partial charge >= 0.3 is 5.97 Å². The van der Waals surface area contributed by atoms with E-state index in [2.05, 4.69) is 15.2 Å². The SMILES string of the molecule is Cc1nc2cccc(C)n2c1N=Nc1ccccc1C(=O)O. The van der Waals surface area contributed by atoms with E-state index < -0.39 is 5.97 Å². The normalized spacial score (nSPS) is 11.4. The molecule has 3 aromatic rings. The van der Waals surface area contributed by atoms with E-state index in [9.17, 15) is 9.90 Å². The quantitative estimate of drug-likeness (QED) is 0.739. The van der Waals surface area contributed by atoms with Crippen molar-refractivity contribution in [2.24, 2.45) is 10.2 Å². The highest BCUT2D eigenvalue weighted by Crippen LogP contribution is 2.26. The van der Waals surface area contributed by atoms with Gasteiger partial charge in [0.1, 0.15) is 11.3 Å². The number of rotatable bonds is 3. The number of aryl methyl sites for hydroxylation is 2. The zero-order chi connectivity index (χ0) is 15.7. The molecule has 0 saturated heterocycles. The molecule has 0 atom stereocenters. The number of fused-ring (bicyclic) bond motifs is 1. The number of azo groups is 1. The van der Waals surface area contributed by atoms with Gasteiger partial charge in [0.2, 0.25) is 0 Å². The van der Waals surface area contributed by atoms with Crippen LogP contribution in [-0.2, 0) is 0 Å². The van der Waals surface area contributed by atoms with Crippen molar-refractivity contribution in [3.63, 3.8) is 0 Å². The van der Waals surface area contributed by atoms with Crippen LogP contribution < -0.4 is 0 Å². The van der Waals surface area contributed by atoms with Crippen molar-refractivity contribution in [2.45, 2.75) is 13.8 Å². The van der Waals surface area contributed by atoms with Crippen LogP contribution in [0.4, 0.5) is 11.5 Å². The Balaban J connectivity index is 2.11. The van der Waals surface area contributed by atoms with Crippen molar-refractivity contribution in [1.29, 1.82) is 0 Å². The van der Waals surface area contributed by atoms with E-state index in [1.165, 1.54) is 6.07 Å². The van der Waals surface area contributed by atoms with Gasteiger partial charge in [-0.1, -0.05) is 18.2 Å². The summed E-state index contributed by atoms with van der Waals surface area (Å²) >= 11 is 0. The number of hydrogen-bond acceptors (Lipinski definition) is 4. The van der Waals surface area contributed by atoms with Crippen LogP contribution in [0.3, 0.4) is 0 Å². The van der Waals surface area contributed by atoms with Crippen LogP contribution in [0, 0.1) is 13.8 Å². The maximum absolute atomic E-state index is 11.2.